The summed E-state index contributed by atoms with van der Waals surface area (Å²) in [5.74, 6) is 2.17. The number of halogens is 1. The van der Waals surface area contributed by atoms with Crippen LogP contribution in [0.2, 0.25) is 0 Å². The summed E-state index contributed by atoms with van der Waals surface area (Å²) in [5, 5.41) is 0.605. The molecule has 0 unspecified atom stereocenters. The number of aromatic amines is 1. The zero-order valence-corrected chi connectivity index (χ0v) is 15.9. The van der Waals surface area contributed by atoms with Gasteiger partial charge in [-0.25, -0.2) is 4.98 Å². The Morgan fingerprint density at radius 2 is 1.88 bits per heavy atom. The second-order valence-electron chi connectivity index (χ2n) is 6.29. The Kier molecular flexibility index (Phi) is 4.65. The Hall–Kier alpha value is -2.38. The minimum absolute atomic E-state index is 0.112. The normalized spacial score (nSPS) is 13.3. The van der Waals surface area contributed by atoms with Gasteiger partial charge in [-0.05, 0) is 36.9 Å². The summed E-state index contributed by atoms with van der Waals surface area (Å²) in [4.78, 5) is 21.7. The third-order valence-corrected chi connectivity index (χ3v) is 4.97. The fourth-order valence-electron chi connectivity index (χ4n) is 3.04. The van der Waals surface area contributed by atoms with Gasteiger partial charge in [-0.3, -0.25) is 9.69 Å². The van der Waals surface area contributed by atoms with E-state index in [9.17, 15) is 4.79 Å². The van der Waals surface area contributed by atoms with Gasteiger partial charge >= 0.3 is 0 Å². The van der Waals surface area contributed by atoms with Gasteiger partial charge in [0.1, 0.15) is 19.0 Å². The molecule has 2 heterocycles. The van der Waals surface area contributed by atoms with Crippen LogP contribution in [0.5, 0.6) is 11.5 Å². The van der Waals surface area contributed by atoms with Gasteiger partial charge in [-0.2, -0.15) is 0 Å². The Labute approximate surface area is 158 Å². The van der Waals surface area contributed by atoms with Gasteiger partial charge in [0, 0.05) is 11.0 Å². The average molecular weight is 416 g/mol. The number of H-pyrrole nitrogens is 1. The number of aromatic nitrogens is 2. The van der Waals surface area contributed by atoms with E-state index in [-0.39, 0.29) is 5.56 Å². The van der Waals surface area contributed by atoms with E-state index in [0.29, 0.717) is 43.0 Å². The number of para-hydroxylation sites is 1. The standard InChI is InChI=1S/C19H18BrN3O3/c1-23(10-12-8-16-17(9-14(12)20)26-7-6-25-16)11-18-21-15-5-3-2-4-13(15)19(24)22-18/h2-5,8-9H,6-7,10-11H2,1H3,(H,21,22,24). The summed E-state index contributed by atoms with van der Waals surface area (Å²) in [6.45, 7) is 2.33. The highest BCUT2D eigenvalue weighted by atomic mass is 79.9. The fourth-order valence-corrected chi connectivity index (χ4v) is 3.49. The topological polar surface area (TPSA) is 67.5 Å². The van der Waals surface area contributed by atoms with Crippen LogP contribution in [0, 0.1) is 0 Å². The van der Waals surface area contributed by atoms with Crippen molar-refractivity contribution in [1.29, 1.82) is 0 Å². The van der Waals surface area contributed by atoms with Crippen LogP contribution < -0.4 is 15.0 Å². The molecule has 0 amide bonds. The summed E-state index contributed by atoms with van der Waals surface area (Å²) in [5.41, 5.74) is 1.68. The Morgan fingerprint density at radius 1 is 1.15 bits per heavy atom. The molecule has 134 valence electrons. The van der Waals surface area contributed by atoms with Crippen LogP contribution in [-0.2, 0) is 13.1 Å². The largest absolute Gasteiger partial charge is 0.486 e. The maximum Gasteiger partial charge on any atom is 0.258 e. The Morgan fingerprint density at radius 3 is 2.69 bits per heavy atom. The molecule has 7 heteroatoms. The Bertz CT molecular complexity index is 1020. The lowest BCUT2D eigenvalue weighted by molar-refractivity contribution is 0.171. The molecule has 0 spiro atoms. The molecule has 6 nitrogen and oxygen atoms in total. The summed E-state index contributed by atoms with van der Waals surface area (Å²) in [6.07, 6.45) is 0. The molecule has 1 N–H and O–H groups in total. The third kappa shape index (κ3) is 3.45. The summed E-state index contributed by atoms with van der Waals surface area (Å²) in [6, 6.07) is 11.3. The van der Waals surface area contributed by atoms with Gasteiger partial charge in [-0.1, -0.05) is 28.1 Å². The van der Waals surface area contributed by atoms with Gasteiger partial charge < -0.3 is 14.5 Å². The van der Waals surface area contributed by atoms with E-state index in [0.717, 1.165) is 21.5 Å². The van der Waals surface area contributed by atoms with Crippen LogP contribution in [0.25, 0.3) is 10.9 Å². The number of nitrogens with zero attached hydrogens (tertiary/aromatic N) is 2. The van der Waals surface area contributed by atoms with Gasteiger partial charge in [0.15, 0.2) is 11.5 Å². The Balaban J connectivity index is 1.54. The molecule has 1 aliphatic rings. The molecule has 0 atom stereocenters. The highest BCUT2D eigenvalue weighted by Gasteiger charge is 2.16. The first-order valence-electron chi connectivity index (χ1n) is 8.34. The van der Waals surface area contributed by atoms with Gasteiger partial charge in [0.05, 0.1) is 17.4 Å². The predicted octanol–water partition coefficient (Wildman–Crippen LogP) is 3.09. The van der Waals surface area contributed by atoms with Crippen molar-refractivity contribution in [3.05, 3.63) is 62.6 Å². The molecule has 0 radical (unpaired) electrons. The molecule has 0 fully saturated rings. The second kappa shape index (κ2) is 7.09. The highest BCUT2D eigenvalue weighted by molar-refractivity contribution is 9.10. The van der Waals surface area contributed by atoms with Crippen molar-refractivity contribution in [3.8, 4) is 11.5 Å². The lowest BCUT2D eigenvalue weighted by Gasteiger charge is -2.22. The zero-order valence-electron chi connectivity index (χ0n) is 14.3. The number of fused-ring (bicyclic) bond motifs is 2. The molecule has 3 aromatic rings. The van der Waals surface area contributed by atoms with Crippen LogP contribution in [0.15, 0.2) is 45.7 Å². The minimum Gasteiger partial charge on any atom is -0.486 e. The number of ether oxygens (including phenoxy) is 2. The number of nitrogens with one attached hydrogen (secondary N) is 1. The first-order chi connectivity index (χ1) is 12.6. The number of rotatable bonds is 4. The van der Waals surface area contributed by atoms with E-state index in [1.165, 1.54) is 0 Å². The third-order valence-electron chi connectivity index (χ3n) is 4.23. The van der Waals surface area contributed by atoms with Crippen molar-refractivity contribution >= 4 is 26.8 Å². The van der Waals surface area contributed by atoms with Gasteiger partial charge in [0.25, 0.3) is 5.56 Å². The molecule has 4 rings (SSSR count). The van der Waals surface area contributed by atoms with Crippen molar-refractivity contribution in [2.45, 2.75) is 13.1 Å². The number of benzene rings is 2. The molecule has 0 saturated heterocycles. The van der Waals surface area contributed by atoms with Crippen molar-refractivity contribution in [1.82, 2.24) is 14.9 Å². The summed E-state index contributed by atoms with van der Waals surface area (Å²) < 4.78 is 12.2. The van der Waals surface area contributed by atoms with Crippen LogP contribution in [0.4, 0.5) is 0 Å². The molecule has 1 aliphatic heterocycles. The highest BCUT2D eigenvalue weighted by Crippen LogP contribution is 2.36. The maximum absolute atomic E-state index is 12.2. The van der Waals surface area contributed by atoms with Crippen molar-refractivity contribution in [2.24, 2.45) is 0 Å². The van der Waals surface area contributed by atoms with Gasteiger partial charge in [0.2, 0.25) is 0 Å². The molecule has 1 aromatic heterocycles. The molecule has 2 aromatic carbocycles. The van der Waals surface area contributed by atoms with Crippen LogP contribution in [0.3, 0.4) is 0 Å². The van der Waals surface area contributed by atoms with E-state index in [1.807, 2.05) is 37.4 Å². The van der Waals surface area contributed by atoms with E-state index in [2.05, 4.69) is 30.8 Å². The summed E-state index contributed by atoms with van der Waals surface area (Å²) in [7, 11) is 1.98. The zero-order chi connectivity index (χ0) is 18.1. The molecule has 0 bridgehead atoms. The molecule has 26 heavy (non-hydrogen) atoms. The maximum atomic E-state index is 12.2. The van der Waals surface area contributed by atoms with Gasteiger partial charge in [-0.15, -0.1) is 0 Å². The monoisotopic (exact) mass is 415 g/mol. The first kappa shape index (κ1) is 17.1. The molecular formula is C19H18BrN3O3. The number of hydrogen-bond donors (Lipinski definition) is 1. The quantitative estimate of drug-likeness (QED) is 0.708. The van der Waals surface area contributed by atoms with Crippen LogP contribution in [0.1, 0.15) is 11.4 Å². The predicted molar refractivity (Wildman–Crippen MR) is 103 cm³/mol. The SMILES string of the molecule is CN(Cc1nc2ccccc2c(=O)[nH]1)Cc1cc2c(cc1Br)OCCO2. The lowest BCUT2D eigenvalue weighted by atomic mass is 10.2. The van der Waals surface area contributed by atoms with E-state index >= 15 is 0 Å². The van der Waals surface area contributed by atoms with Crippen molar-refractivity contribution in [3.63, 3.8) is 0 Å². The average Bonchev–Trinajstić information content (AvgIpc) is 2.62. The van der Waals surface area contributed by atoms with E-state index < -0.39 is 0 Å². The molecule has 0 saturated carbocycles. The lowest BCUT2D eigenvalue weighted by Crippen LogP contribution is -2.22. The van der Waals surface area contributed by atoms with Crippen LogP contribution >= 0.6 is 15.9 Å². The van der Waals surface area contributed by atoms with Crippen LogP contribution in [-0.4, -0.2) is 35.1 Å². The smallest absolute Gasteiger partial charge is 0.258 e. The van der Waals surface area contributed by atoms with E-state index in [1.54, 1.807) is 6.07 Å². The first-order valence-corrected chi connectivity index (χ1v) is 9.14. The summed E-state index contributed by atoms with van der Waals surface area (Å²) >= 11 is 3.60. The fraction of sp³-hybridized carbons (Fsp3) is 0.263. The van der Waals surface area contributed by atoms with Crippen molar-refractivity contribution in [2.75, 3.05) is 20.3 Å². The van der Waals surface area contributed by atoms with E-state index in [4.69, 9.17) is 9.47 Å². The second-order valence-corrected chi connectivity index (χ2v) is 7.14. The number of hydrogen-bond acceptors (Lipinski definition) is 5. The molecular weight excluding hydrogens is 398 g/mol. The minimum atomic E-state index is -0.112. The van der Waals surface area contributed by atoms with Crippen molar-refractivity contribution < 1.29 is 9.47 Å². The molecule has 0 aliphatic carbocycles.